The summed E-state index contributed by atoms with van der Waals surface area (Å²) in [6, 6.07) is 17.8. The highest BCUT2D eigenvalue weighted by atomic mass is 32.1. The molecule has 0 aliphatic rings. The standard InChI is InChI=1S/C20H17NO2S2/c22-20(19-13-15-5-1-2-8-18(15)23-19)21(14-17-7-4-12-25-17)10-9-16-6-3-11-24-16/h1-8,11-13H,9-10,14H2. The SMILES string of the molecule is O=C(c1cc2ccccc2o1)N(CCc1cccs1)Cc1cccs1. The summed E-state index contributed by atoms with van der Waals surface area (Å²) < 4.78 is 5.78. The Morgan fingerprint density at radius 2 is 1.72 bits per heavy atom. The summed E-state index contributed by atoms with van der Waals surface area (Å²) >= 11 is 3.40. The van der Waals surface area contributed by atoms with Crippen LogP contribution in [0.2, 0.25) is 0 Å². The summed E-state index contributed by atoms with van der Waals surface area (Å²) in [7, 11) is 0. The van der Waals surface area contributed by atoms with Crippen molar-refractivity contribution in [3.63, 3.8) is 0 Å². The number of hydrogen-bond donors (Lipinski definition) is 0. The maximum atomic E-state index is 13.0. The Bertz CT molecular complexity index is 922. The first-order chi connectivity index (χ1) is 12.3. The summed E-state index contributed by atoms with van der Waals surface area (Å²) in [4.78, 5) is 17.4. The Kier molecular flexibility index (Phi) is 4.68. The van der Waals surface area contributed by atoms with E-state index in [4.69, 9.17) is 4.42 Å². The van der Waals surface area contributed by atoms with E-state index in [1.54, 1.807) is 22.7 Å². The molecule has 0 N–H and O–H groups in total. The van der Waals surface area contributed by atoms with E-state index in [-0.39, 0.29) is 5.91 Å². The Hall–Kier alpha value is -2.37. The number of fused-ring (bicyclic) bond motifs is 1. The fraction of sp³-hybridized carbons (Fsp3) is 0.150. The van der Waals surface area contributed by atoms with Gasteiger partial charge in [-0.2, -0.15) is 0 Å². The molecular formula is C20H17NO2S2. The maximum Gasteiger partial charge on any atom is 0.289 e. The van der Waals surface area contributed by atoms with Crippen LogP contribution < -0.4 is 0 Å². The van der Waals surface area contributed by atoms with Gasteiger partial charge < -0.3 is 9.32 Å². The zero-order valence-electron chi connectivity index (χ0n) is 13.6. The van der Waals surface area contributed by atoms with Gasteiger partial charge in [0.05, 0.1) is 6.54 Å². The summed E-state index contributed by atoms with van der Waals surface area (Å²) in [5.41, 5.74) is 0.750. The summed E-state index contributed by atoms with van der Waals surface area (Å²) in [5.74, 6) is 0.352. The van der Waals surface area contributed by atoms with Crippen molar-refractivity contribution in [1.82, 2.24) is 4.90 Å². The quantitative estimate of drug-likeness (QED) is 0.454. The number of nitrogens with zero attached hydrogens (tertiary/aromatic N) is 1. The minimum absolute atomic E-state index is 0.0545. The van der Waals surface area contributed by atoms with Crippen LogP contribution in [0.4, 0.5) is 0 Å². The number of thiophene rings is 2. The van der Waals surface area contributed by atoms with Crippen LogP contribution >= 0.6 is 22.7 Å². The molecule has 0 bridgehead atoms. The van der Waals surface area contributed by atoms with E-state index in [2.05, 4.69) is 17.5 Å². The number of hydrogen-bond acceptors (Lipinski definition) is 4. The number of para-hydroxylation sites is 1. The molecular weight excluding hydrogens is 350 g/mol. The average molecular weight is 367 g/mol. The van der Waals surface area contributed by atoms with Gasteiger partial charge in [0, 0.05) is 21.7 Å². The summed E-state index contributed by atoms with van der Waals surface area (Å²) in [6.45, 7) is 1.28. The van der Waals surface area contributed by atoms with E-state index in [1.807, 2.05) is 52.7 Å². The molecule has 25 heavy (non-hydrogen) atoms. The van der Waals surface area contributed by atoms with Gasteiger partial charge in [-0.1, -0.05) is 30.3 Å². The number of amides is 1. The minimum Gasteiger partial charge on any atom is -0.451 e. The van der Waals surface area contributed by atoms with Crippen molar-refractivity contribution < 1.29 is 9.21 Å². The summed E-state index contributed by atoms with van der Waals surface area (Å²) in [5, 5.41) is 5.07. The Labute approximate surface area is 154 Å². The van der Waals surface area contributed by atoms with Gasteiger partial charge in [-0.25, -0.2) is 0 Å². The van der Waals surface area contributed by atoms with Crippen molar-refractivity contribution in [2.75, 3.05) is 6.54 Å². The lowest BCUT2D eigenvalue weighted by Crippen LogP contribution is -2.31. The first kappa shape index (κ1) is 16.1. The molecule has 3 heterocycles. The van der Waals surface area contributed by atoms with E-state index < -0.39 is 0 Å². The number of rotatable bonds is 6. The largest absolute Gasteiger partial charge is 0.451 e. The van der Waals surface area contributed by atoms with Gasteiger partial charge in [-0.15, -0.1) is 22.7 Å². The lowest BCUT2D eigenvalue weighted by Gasteiger charge is -2.20. The Morgan fingerprint density at radius 3 is 2.44 bits per heavy atom. The van der Waals surface area contributed by atoms with Crippen LogP contribution in [-0.4, -0.2) is 17.4 Å². The maximum absolute atomic E-state index is 13.0. The first-order valence-corrected chi connectivity index (χ1v) is 9.88. The van der Waals surface area contributed by atoms with Gasteiger partial charge in [0.1, 0.15) is 5.58 Å². The molecule has 1 amide bonds. The molecule has 4 rings (SSSR count). The molecule has 0 radical (unpaired) electrons. The monoisotopic (exact) mass is 367 g/mol. The van der Waals surface area contributed by atoms with Crippen LogP contribution in [0.5, 0.6) is 0 Å². The number of carbonyl (C=O) groups excluding carboxylic acids is 1. The third-order valence-corrected chi connectivity index (χ3v) is 5.86. The van der Waals surface area contributed by atoms with Crippen molar-refractivity contribution >= 4 is 39.5 Å². The molecule has 5 heteroatoms. The van der Waals surface area contributed by atoms with E-state index in [1.165, 1.54) is 9.75 Å². The molecule has 3 aromatic heterocycles. The molecule has 0 saturated heterocycles. The van der Waals surface area contributed by atoms with Gasteiger partial charge >= 0.3 is 0 Å². The molecule has 0 saturated carbocycles. The predicted molar refractivity (Wildman–Crippen MR) is 103 cm³/mol. The molecule has 0 aliphatic heterocycles. The van der Waals surface area contributed by atoms with Crippen LogP contribution in [0.1, 0.15) is 20.3 Å². The zero-order chi connectivity index (χ0) is 17.1. The van der Waals surface area contributed by atoms with E-state index in [0.29, 0.717) is 18.8 Å². The van der Waals surface area contributed by atoms with Crippen molar-refractivity contribution in [2.45, 2.75) is 13.0 Å². The van der Waals surface area contributed by atoms with Gasteiger partial charge in [0.15, 0.2) is 5.76 Å². The lowest BCUT2D eigenvalue weighted by molar-refractivity contribution is 0.0717. The highest BCUT2D eigenvalue weighted by Crippen LogP contribution is 2.22. The molecule has 0 aliphatic carbocycles. The van der Waals surface area contributed by atoms with Crippen LogP contribution in [0.3, 0.4) is 0 Å². The van der Waals surface area contributed by atoms with Crippen LogP contribution in [-0.2, 0) is 13.0 Å². The first-order valence-electron chi connectivity index (χ1n) is 8.12. The zero-order valence-corrected chi connectivity index (χ0v) is 15.2. The van der Waals surface area contributed by atoms with Crippen molar-refractivity contribution in [3.8, 4) is 0 Å². The fourth-order valence-electron chi connectivity index (χ4n) is 2.79. The molecule has 0 spiro atoms. The second kappa shape index (κ2) is 7.25. The van der Waals surface area contributed by atoms with Crippen LogP contribution in [0, 0.1) is 0 Å². The highest BCUT2D eigenvalue weighted by Gasteiger charge is 2.20. The minimum atomic E-state index is -0.0545. The fourth-order valence-corrected chi connectivity index (χ4v) is 4.20. The van der Waals surface area contributed by atoms with Crippen LogP contribution in [0.25, 0.3) is 11.0 Å². The van der Waals surface area contributed by atoms with Crippen molar-refractivity contribution in [2.24, 2.45) is 0 Å². The number of furan rings is 1. The van der Waals surface area contributed by atoms with Gasteiger partial charge in [-0.05, 0) is 41.4 Å². The Balaban J connectivity index is 1.57. The molecule has 0 fully saturated rings. The topological polar surface area (TPSA) is 33.5 Å². The molecule has 3 nitrogen and oxygen atoms in total. The second-order valence-electron chi connectivity index (χ2n) is 5.78. The third kappa shape index (κ3) is 3.67. The van der Waals surface area contributed by atoms with Crippen molar-refractivity contribution in [1.29, 1.82) is 0 Å². The molecule has 1 aromatic carbocycles. The average Bonchev–Trinajstić information content (AvgIpc) is 3.39. The van der Waals surface area contributed by atoms with E-state index in [0.717, 1.165) is 17.4 Å². The number of benzene rings is 1. The molecule has 4 aromatic rings. The van der Waals surface area contributed by atoms with E-state index in [9.17, 15) is 4.79 Å². The number of carbonyl (C=O) groups is 1. The lowest BCUT2D eigenvalue weighted by atomic mass is 10.2. The molecule has 126 valence electrons. The van der Waals surface area contributed by atoms with Gasteiger partial charge in [0.2, 0.25) is 0 Å². The second-order valence-corrected chi connectivity index (χ2v) is 7.85. The van der Waals surface area contributed by atoms with Gasteiger partial charge in [0.25, 0.3) is 5.91 Å². The normalized spacial score (nSPS) is 11.0. The Morgan fingerprint density at radius 1 is 0.960 bits per heavy atom. The predicted octanol–water partition coefficient (Wildman–Crippen LogP) is 5.44. The van der Waals surface area contributed by atoms with Crippen molar-refractivity contribution in [3.05, 3.63) is 80.9 Å². The third-order valence-electron chi connectivity index (χ3n) is 4.06. The van der Waals surface area contributed by atoms with E-state index >= 15 is 0 Å². The summed E-state index contributed by atoms with van der Waals surface area (Å²) in [6.07, 6.45) is 0.856. The highest BCUT2D eigenvalue weighted by molar-refractivity contribution is 7.10. The van der Waals surface area contributed by atoms with Gasteiger partial charge in [-0.3, -0.25) is 4.79 Å². The molecule has 0 atom stereocenters. The van der Waals surface area contributed by atoms with Crippen LogP contribution in [0.15, 0.2) is 69.8 Å². The molecule has 0 unspecified atom stereocenters. The smallest absolute Gasteiger partial charge is 0.289 e.